The summed E-state index contributed by atoms with van der Waals surface area (Å²) in [5.41, 5.74) is 0.579. The minimum absolute atomic E-state index is 0.136. The molecule has 0 bridgehead atoms. The fourth-order valence-electron chi connectivity index (χ4n) is 3.96. The van der Waals surface area contributed by atoms with Crippen molar-refractivity contribution in [2.75, 3.05) is 33.2 Å². The molecule has 1 aromatic rings. The number of hydrogen-bond acceptors (Lipinski definition) is 3. The van der Waals surface area contributed by atoms with Crippen LogP contribution < -0.4 is 16.0 Å². The van der Waals surface area contributed by atoms with Crippen LogP contribution in [0.2, 0.25) is 5.02 Å². The molecule has 158 valence electrons. The van der Waals surface area contributed by atoms with Gasteiger partial charge >= 0.3 is 0 Å². The highest BCUT2D eigenvalue weighted by Gasteiger charge is 2.32. The van der Waals surface area contributed by atoms with Gasteiger partial charge in [-0.1, -0.05) is 24.4 Å². The highest BCUT2D eigenvalue weighted by Crippen LogP contribution is 2.27. The number of nitrogens with zero attached hydrogens (tertiary/aromatic N) is 2. The van der Waals surface area contributed by atoms with Crippen LogP contribution in [0.4, 0.5) is 0 Å². The first-order valence-electron chi connectivity index (χ1n) is 10.4. The van der Waals surface area contributed by atoms with Crippen LogP contribution in [0.15, 0.2) is 29.3 Å². The number of amides is 2. The van der Waals surface area contributed by atoms with Crippen LogP contribution in [-0.4, -0.2) is 61.9 Å². The molecule has 1 saturated heterocycles. The molecule has 1 atom stereocenters. The molecule has 0 radical (unpaired) electrons. The van der Waals surface area contributed by atoms with E-state index >= 15 is 0 Å². The highest BCUT2D eigenvalue weighted by atomic mass is 35.5. The Balaban J connectivity index is 1.36. The molecular weight excluding hydrogens is 390 g/mol. The van der Waals surface area contributed by atoms with Crippen molar-refractivity contribution in [1.29, 1.82) is 0 Å². The van der Waals surface area contributed by atoms with E-state index in [0.717, 1.165) is 32.4 Å². The first-order chi connectivity index (χ1) is 14.1. The molecule has 29 heavy (non-hydrogen) atoms. The van der Waals surface area contributed by atoms with E-state index in [9.17, 15) is 9.59 Å². The van der Waals surface area contributed by atoms with Gasteiger partial charge in [-0.25, -0.2) is 0 Å². The van der Waals surface area contributed by atoms with Crippen molar-refractivity contribution >= 4 is 29.4 Å². The first kappa shape index (κ1) is 21.4. The third kappa shape index (κ3) is 6.10. The maximum absolute atomic E-state index is 12.6. The Morgan fingerprint density at radius 3 is 2.48 bits per heavy atom. The lowest BCUT2D eigenvalue weighted by atomic mass is 10.1. The maximum atomic E-state index is 12.6. The van der Waals surface area contributed by atoms with E-state index < -0.39 is 0 Å². The Hall–Kier alpha value is -2.28. The molecule has 2 aliphatic rings. The molecule has 1 aliphatic carbocycles. The molecule has 1 aromatic carbocycles. The molecule has 7 nitrogen and oxygen atoms in total. The number of carbonyl (C=O) groups is 2. The maximum Gasteiger partial charge on any atom is 0.251 e. The average molecular weight is 420 g/mol. The van der Waals surface area contributed by atoms with E-state index in [1.54, 1.807) is 31.3 Å². The molecule has 1 aliphatic heterocycles. The van der Waals surface area contributed by atoms with E-state index in [1.807, 2.05) is 4.90 Å². The van der Waals surface area contributed by atoms with Crippen LogP contribution in [0.1, 0.15) is 42.5 Å². The SMILES string of the molecule is CN=C(NCCNC(=O)c1ccc(Cl)cc1)NC1CCN(C(=O)C2CCCC2)C1. The normalized spacial score (nSPS) is 20.0. The number of guanidine groups is 1. The van der Waals surface area contributed by atoms with Crippen LogP contribution >= 0.6 is 11.6 Å². The highest BCUT2D eigenvalue weighted by molar-refractivity contribution is 6.30. The van der Waals surface area contributed by atoms with Gasteiger partial charge in [0.15, 0.2) is 5.96 Å². The number of nitrogens with one attached hydrogen (secondary N) is 3. The van der Waals surface area contributed by atoms with Gasteiger partial charge in [-0.05, 0) is 43.5 Å². The van der Waals surface area contributed by atoms with Crippen LogP contribution in [-0.2, 0) is 4.79 Å². The van der Waals surface area contributed by atoms with Gasteiger partial charge in [-0.15, -0.1) is 0 Å². The van der Waals surface area contributed by atoms with E-state index in [0.29, 0.717) is 35.5 Å². The van der Waals surface area contributed by atoms with Crippen LogP contribution in [0.3, 0.4) is 0 Å². The molecule has 0 spiro atoms. The van der Waals surface area contributed by atoms with Crippen LogP contribution in [0.25, 0.3) is 0 Å². The Bertz CT molecular complexity index is 731. The average Bonchev–Trinajstić information content (AvgIpc) is 3.42. The summed E-state index contributed by atoms with van der Waals surface area (Å²) >= 11 is 5.84. The molecule has 8 heteroatoms. The standard InChI is InChI=1S/C21H30ClN5O2/c1-23-21(25-12-11-24-19(28)15-6-8-17(22)9-7-15)26-18-10-13-27(14-18)20(29)16-4-2-3-5-16/h6-9,16,18H,2-5,10-14H2,1H3,(H,24,28)(H2,23,25,26). The summed E-state index contributed by atoms with van der Waals surface area (Å²) in [5.74, 6) is 1.10. The smallest absolute Gasteiger partial charge is 0.251 e. The lowest BCUT2D eigenvalue weighted by molar-refractivity contribution is -0.134. The van der Waals surface area contributed by atoms with Gasteiger partial charge in [-0.3, -0.25) is 14.6 Å². The minimum atomic E-state index is -0.136. The van der Waals surface area contributed by atoms with Gasteiger partial charge < -0.3 is 20.9 Å². The fraction of sp³-hybridized carbons (Fsp3) is 0.571. The summed E-state index contributed by atoms with van der Waals surface area (Å²) < 4.78 is 0. The predicted molar refractivity (Wildman–Crippen MR) is 115 cm³/mol. The monoisotopic (exact) mass is 419 g/mol. The number of halogens is 1. The molecular formula is C21H30ClN5O2. The number of aliphatic imine (C=N–C) groups is 1. The molecule has 3 rings (SSSR count). The van der Waals surface area contributed by atoms with E-state index in [1.165, 1.54) is 12.8 Å². The van der Waals surface area contributed by atoms with E-state index in [2.05, 4.69) is 20.9 Å². The predicted octanol–water partition coefficient (Wildman–Crippen LogP) is 2.03. The Labute approximate surface area is 177 Å². The summed E-state index contributed by atoms with van der Waals surface area (Å²) in [6, 6.07) is 7.00. The van der Waals surface area contributed by atoms with Crippen molar-refractivity contribution in [3.8, 4) is 0 Å². The molecule has 1 unspecified atom stereocenters. The Morgan fingerprint density at radius 1 is 1.10 bits per heavy atom. The van der Waals surface area contributed by atoms with Gasteiger partial charge in [0.2, 0.25) is 5.91 Å². The summed E-state index contributed by atoms with van der Waals surface area (Å²) in [4.78, 5) is 30.9. The lowest BCUT2D eigenvalue weighted by Gasteiger charge is -2.21. The zero-order valence-electron chi connectivity index (χ0n) is 16.9. The molecule has 0 aromatic heterocycles. The molecule has 1 heterocycles. The molecule has 2 fully saturated rings. The van der Waals surface area contributed by atoms with Crippen LogP contribution in [0, 0.1) is 5.92 Å². The van der Waals surface area contributed by atoms with Gasteiger partial charge in [0.25, 0.3) is 5.91 Å². The number of hydrogen-bond donors (Lipinski definition) is 3. The minimum Gasteiger partial charge on any atom is -0.355 e. The van der Waals surface area contributed by atoms with E-state index in [-0.39, 0.29) is 17.9 Å². The van der Waals surface area contributed by atoms with Crippen LogP contribution in [0.5, 0.6) is 0 Å². The van der Waals surface area contributed by atoms with Crippen molar-refractivity contribution in [1.82, 2.24) is 20.9 Å². The van der Waals surface area contributed by atoms with Crippen molar-refractivity contribution in [3.63, 3.8) is 0 Å². The third-order valence-corrected chi connectivity index (χ3v) is 5.83. The quantitative estimate of drug-likeness (QED) is 0.374. The first-order valence-corrected chi connectivity index (χ1v) is 10.7. The lowest BCUT2D eigenvalue weighted by Crippen LogP contribution is -2.47. The molecule has 2 amide bonds. The van der Waals surface area contributed by atoms with Crippen molar-refractivity contribution in [3.05, 3.63) is 34.9 Å². The zero-order valence-corrected chi connectivity index (χ0v) is 17.7. The number of likely N-dealkylation sites (tertiary alicyclic amines) is 1. The summed E-state index contributed by atoms with van der Waals surface area (Å²) in [7, 11) is 1.72. The van der Waals surface area contributed by atoms with Crippen molar-refractivity contribution in [2.24, 2.45) is 10.9 Å². The fourth-order valence-corrected chi connectivity index (χ4v) is 4.08. The van der Waals surface area contributed by atoms with Gasteiger partial charge in [0, 0.05) is 55.8 Å². The van der Waals surface area contributed by atoms with E-state index in [4.69, 9.17) is 11.6 Å². The topological polar surface area (TPSA) is 85.8 Å². The van der Waals surface area contributed by atoms with Gasteiger partial charge in [0.1, 0.15) is 0 Å². The second kappa shape index (κ2) is 10.5. The largest absolute Gasteiger partial charge is 0.355 e. The molecule has 3 N–H and O–H groups in total. The second-order valence-electron chi connectivity index (χ2n) is 7.66. The summed E-state index contributed by atoms with van der Waals surface area (Å²) in [6.45, 7) is 2.56. The van der Waals surface area contributed by atoms with Crippen molar-refractivity contribution < 1.29 is 9.59 Å². The van der Waals surface area contributed by atoms with Crippen molar-refractivity contribution in [2.45, 2.75) is 38.1 Å². The zero-order chi connectivity index (χ0) is 20.6. The van der Waals surface area contributed by atoms with Gasteiger partial charge in [-0.2, -0.15) is 0 Å². The summed E-state index contributed by atoms with van der Waals surface area (Å²) in [6.07, 6.45) is 5.36. The number of benzene rings is 1. The number of carbonyl (C=O) groups excluding carboxylic acids is 2. The third-order valence-electron chi connectivity index (χ3n) is 5.58. The summed E-state index contributed by atoms with van der Waals surface area (Å²) in [5, 5.41) is 10.1. The Morgan fingerprint density at radius 2 is 1.79 bits per heavy atom. The Kier molecular flexibility index (Phi) is 7.75. The number of rotatable bonds is 6. The van der Waals surface area contributed by atoms with Gasteiger partial charge in [0.05, 0.1) is 0 Å². The second-order valence-corrected chi connectivity index (χ2v) is 8.09. The molecule has 1 saturated carbocycles.